The normalized spacial score (nSPS) is 11.8. The SMILES string of the molecule is CC(=NNC(=O)c1ccc(N(Cc2ccccc2)S(C)(=O)=O)cc1)c1ccc(I)cc1. The largest absolute Gasteiger partial charge is 0.271 e. The molecule has 1 N–H and O–H groups in total. The van der Waals surface area contributed by atoms with E-state index in [1.54, 1.807) is 24.3 Å². The zero-order valence-corrected chi connectivity index (χ0v) is 20.1. The van der Waals surface area contributed by atoms with Gasteiger partial charge >= 0.3 is 0 Å². The number of halogens is 1. The van der Waals surface area contributed by atoms with Gasteiger partial charge in [0.25, 0.3) is 5.91 Å². The quantitative estimate of drug-likeness (QED) is 0.271. The zero-order valence-electron chi connectivity index (χ0n) is 17.1. The van der Waals surface area contributed by atoms with Crippen LogP contribution in [0.1, 0.15) is 28.4 Å². The Labute approximate surface area is 196 Å². The average molecular weight is 547 g/mol. The summed E-state index contributed by atoms with van der Waals surface area (Å²) in [6.45, 7) is 2.03. The van der Waals surface area contributed by atoms with E-state index < -0.39 is 10.0 Å². The van der Waals surface area contributed by atoms with Crippen LogP contribution in [0.3, 0.4) is 0 Å². The van der Waals surface area contributed by atoms with E-state index in [9.17, 15) is 13.2 Å². The van der Waals surface area contributed by atoms with Crippen molar-refractivity contribution in [3.8, 4) is 0 Å². The molecule has 0 radical (unpaired) electrons. The molecule has 1 amide bonds. The molecule has 8 heteroatoms. The van der Waals surface area contributed by atoms with Crippen molar-refractivity contribution in [2.24, 2.45) is 5.10 Å². The number of sulfonamides is 1. The van der Waals surface area contributed by atoms with Crippen LogP contribution < -0.4 is 9.73 Å². The smallest absolute Gasteiger partial charge is 0.267 e. The summed E-state index contributed by atoms with van der Waals surface area (Å²) in [7, 11) is -3.49. The first kappa shape index (κ1) is 23.0. The number of nitrogens with zero attached hydrogens (tertiary/aromatic N) is 2. The molecule has 6 nitrogen and oxygen atoms in total. The summed E-state index contributed by atoms with van der Waals surface area (Å²) in [6, 6.07) is 23.6. The number of amides is 1. The summed E-state index contributed by atoms with van der Waals surface area (Å²) in [4.78, 5) is 12.5. The third-order valence-corrected chi connectivity index (χ3v) is 6.43. The highest BCUT2D eigenvalue weighted by Gasteiger charge is 2.18. The summed E-state index contributed by atoms with van der Waals surface area (Å²) < 4.78 is 27.1. The van der Waals surface area contributed by atoms with Gasteiger partial charge in [-0.25, -0.2) is 13.8 Å². The first-order chi connectivity index (χ1) is 14.7. The van der Waals surface area contributed by atoms with Crippen LogP contribution in [0, 0.1) is 3.57 Å². The number of carbonyl (C=O) groups excluding carboxylic acids is 1. The third-order valence-electron chi connectivity index (χ3n) is 4.57. The summed E-state index contributed by atoms with van der Waals surface area (Å²) in [5, 5.41) is 4.16. The van der Waals surface area contributed by atoms with E-state index in [2.05, 4.69) is 33.1 Å². The second kappa shape index (κ2) is 10.1. The fourth-order valence-corrected chi connectivity index (χ4v) is 4.13. The molecule has 0 heterocycles. The summed E-state index contributed by atoms with van der Waals surface area (Å²) in [5.74, 6) is -0.370. The zero-order chi connectivity index (χ0) is 22.4. The molecule has 0 aliphatic heterocycles. The Hall–Kier alpha value is -2.72. The number of benzene rings is 3. The molecule has 0 aliphatic carbocycles. The van der Waals surface area contributed by atoms with Gasteiger partial charge in [-0.1, -0.05) is 42.5 Å². The minimum atomic E-state index is -3.49. The van der Waals surface area contributed by atoms with Crippen LogP contribution in [0.5, 0.6) is 0 Å². The van der Waals surface area contributed by atoms with E-state index in [1.807, 2.05) is 61.5 Å². The van der Waals surface area contributed by atoms with Crippen molar-refractivity contribution in [1.29, 1.82) is 0 Å². The minimum absolute atomic E-state index is 0.213. The van der Waals surface area contributed by atoms with Gasteiger partial charge in [-0.3, -0.25) is 9.10 Å². The van der Waals surface area contributed by atoms with Gasteiger partial charge in [0, 0.05) is 9.13 Å². The molecule has 0 atom stereocenters. The lowest BCUT2D eigenvalue weighted by Gasteiger charge is -2.22. The maximum atomic E-state index is 12.5. The standard InChI is InChI=1S/C23H22IN3O3S/c1-17(19-8-12-21(24)13-9-19)25-26-23(28)20-10-14-22(15-11-20)27(31(2,29)30)16-18-6-4-3-5-7-18/h3-15H,16H2,1-2H3,(H,26,28). The van der Waals surface area contributed by atoms with Crippen molar-refractivity contribution in [2.45, 2.75) is 13.5 Å². The number of hydrogen-bond donors (Lipinski definition) is 1. The van der Waals surface area contributed by atoms with Gasteiger partial charge in [0.1, 0.15) is 0 Å². The lowest BCUT2D eigenvalue weighted by Crippen LogP contribution is -2.29. The van der Waals surface area contributed by atoms with Crippen LogP contribution in [-0.2, 0) is 16.6 Å². The number of hydrazone groups is 1. The van der Waals surface area contributed by atoms with Crippen molar-refractivity contribution >= 4 is 49.9 Å². The van der Waals surface area contributed by atoms with Gasteiger partial charge < -0.3 is 0 Å². The molecular weight excluding hydrogens is 525 g/mol. The molecular formula is C23H22IN3O3S. The first-order valence-electron chi connectivity index (χ1n) is 9.46. The number of nitrogens with one attached hydrogen (secondary N) is 1. The van der Waals surface area contributed by atoms with Crippen LogP contribution in [0.2, 0.25) is 0 Å². The molecule has 31 heavy (non-hydrogen) atoms. The van der Waals surface area contributed by atoms with Gasteiger partial charge in [0.05, 0.1) is 24.2 Å². The highest BCUT2D eigenvalue weighted by atomic mass is 127. The number of hydrogen-bond acceptors (Lipinski definition) is 4. The Morgan fingerprint density at radius 3 is 2.10 bits per heavy atom. The first-order valence-corrected chi connectivity index (χ1v) is 12.4. The number of rotatable bonds is 7. The highest BCUT2D eigenvalue weighted by Crippen LogP contribution is 2.21. The lowest BCUT2D eigenvalue weighted by atomic mass is 10.1. The number of anilines is 1. The molecule has 0 bridgehead atoms. The Balaban J connectivity index is 1.73. The molecule has 0 spiro atoms. The molecule has 0 aromatic heterocycles. The predicted molar refractivity (Wildman–Crippen MR) is 133 cm³/mol. The van der Waals surface area contributed by atoms with E-state index in [0.29, 0.717) is 17.0 Å². The lowest BCUT2D eigenvalue weighted by molar-refractivity contribution is 0.0955. The van der Waals surface area contributed by atoms with Crippen LogP contribution in [-0.4, -0.2) is 26.3 Å². The molecule has 3 rings (SSSR count). The van der Waals surface area contributed by atoms with E-state index in [-0.39, 0.29) is 12.5 Å². The number of carbonyl (C=O) groups is 1. The van der Waals surface area contributed by atoms with Crippen molar-refractivity contribution in [3.05, 3.63) is 99.1 Å². The summed E-state index contributed by atoms with van der Waals surface area (Å²) >= 11 is 2.23. The fourth-order valence-electron chi connectivity index (χ4n) is 2.88. The van der Waals surface area contributed by atoms with Gasteiger partial charge in [0.15, 0.2) is 0 Å². The maximum absolute atomic E-state index is 12.5. The molecule has 160 valence electrons. The van der Waals surface area contributed by atoms with E-state index >= 15 is 0 Å². The maximum Gasteiger partial charge on any atom is 0.271 e. The fraction of sp³-hybridized carbons (Fsp3) is 0.130. The molecule has 3 aromatic rings. The highest BCUT2D eigenvalue weighted by molar-refractivity contribution is 14.1. The van der Waals surface area contributed by atoms with E-state index in [0.717, 1.165) is 14.7 Å². The average Bonchev–Trinajstić information content (AvgIpc) is 2.76. The van der Waals surface area contributed by atoms with Gasteiger partial charge in [0.2, 0.25) is 10.0 Å². The Morgan fingerprint density at radius 1 is 0.935 bits per heavy atom. The molecule has 3 aromatic carbocycles. The monoisotopic (exact) mass is 547 g/mol. The van der Waals surface area contributed by atoms with E-state index in [1.165, 1.54) is 10.6 Å². The van der Waals surface area contributed by atoms with Crippen LogP contribution in [0.15, 0.2) is 84.0 Å². The Kier molecular flexibility index (Phi) is 7.45. The molecule has 0 fully saturated rings. The minimum Gasteiger partial charge on any atom is -0.267 e. The van der Waals surface area contributed by atoms with Gasteiger partial charge in [-0.2, -0.15) is 5.10 Å². The van der Waals surface area contributed by atoms with Crippen molar-refractivity contribution < 1.29 is 13.2 Å². The third kappa shape index (κ3) is 6.38. The molecule has 0 aliphatic rings. The molecule has 0 saturated carbocycles. The second-order valence-electron chi connectivity index (χ2n) is 6.95. The van der Waals surface area contributed by atoms with Crippen molar-refractivity contribution in [3.63, 3.8) is 0 Å². The topological polar surface area (TPSA) is 78.8 Å². The Morgan fingerprint density at radius 2 is 1.52 bits per heavy atom. The molecule has 0 saturated heterocycles. The predicted octanol–water partition coefficient (Wildman–Crippen LogP) is 4.41. The van der Waals surface area contributed by atoms with Crippen LogP contribution in [0.4, 0.5) is 5.69 Å². The van der Waals surface area contributed by atoms with E-state index in [4.69, 9.17) is 0 Å². The second-order valence-corrected chi connectivity index (χ2v) is 10.1. The van der Waals surface area contributed by atoms with Gasteiger partial charge in [-0.05, 0) is 77.0 Å². The van der Waals surface area contributed by atoms with Crippen molar-refractivity contribution in [1.82, 2.24) is 5.43 Å². The van der Waals surface area contributed by atoms with Crippen LogP contribution >= 0.6 is 22.6 Å². The summed E-state index contributed by atoms with van der Waals surface area (Å²) in [5.41, 5.74) is 5.89. The summed E-state index contributed by atoms with van der Waals surface area (Å²) in [6.07, 6.45) is 1.17. The van der Waals surface area contributed by atoms with Crippen LogP contribution in [0.25, 0.3) is 0 Å². The Bertz CT molecular complexity index is 1180. The molecule has 0 unspecified atom stereocenters. The van der Waals surface area contributed by atoms with Crippen molar-refractivity contribution in [2.75, 3.05) is 10.6 Å². The van der Waals surface area contributed by atoms with Gasteiger partial charge in [-0.15, -0.1) is 0 Å².